The maximum Gasteiger partial charge on any atom is 0.338 e. The molecule has 0 atom stereocenters. The van der Waals surface area contributed by atoms with Crippen LogP contribution in [0, 0.1) is 23.5 Å². The van der Waals surface area contributed by atoms with Crippen LogP contribution in [0.5, 0.6) is 11.5 Å². The second-order valence-corrected chi connectivity index (χ2v) is 12.3. The molecule has 12 heteroatoms. The predicted octanol–water partition coefficient (Wildman–Crippen LogP) is 6.53. The van der Waals surface area contributed by atoms with Gasteiger partial charge in [0.05, 0.1) is 31.0 Å². The Bertz CT molecular complexity index is 1480. The fraction of sp³-hybridized carbons (Fsp3) is 0.407. The van der Waals surface area contributed by atoms with Crippen LogP contribution in [0.1, 0.15) is 61.4 Å². The molecular weight excluding hydrogens is 550 g/mol. The summed E-state index contributed by atoms with van der Waals surface area (Å²) in [5.41, 5.74) is -0.0798. The number of carbonyl (C=O) groups is 1. The number of thiazole rings is 1. The van der Waals surface area contributed by atoms with E-state index in [0.29, 0.717) is 17.9 Å². The van der Waals surface area contributed by atoms with Crippen LogP contribution < -0.4 is 14.2 Å². The Hall–Kier alpha value is -3.25. The van der Waals surface area contributed by atoms with Crippen molar-refractivity contribution in [2.75, 3.05) is 18.9 Å². The molecular formula is C27H30F2N2O6S2. The summed E-state index contributed by atoms with van der Waals surface area (Å²) in [6.07, 6.45) is 4.04. The highest BCUT2D eigenvalue weighted by atomic mass is 32.2. The lowest BCUT2D eigenvalue weighted by molar-refractivity contribution is 0.0691. The van der Waals surface area contributed by atoms with E-state index in [-0.39, 0.29) is 33.7 Å². The Morgan fingerprint density at radius 3 is 2.41 bits per heavy atom. The van der Waals surface area contributed by atoms with Crippen LogP contribution in [0.2, 0.25) is 0 Å². The number of sulfonamides is 1. The smallest absolute Gasteiger partial charge is 0.338 e. The first-order valence-electron chi connectivity index (χ1n) is 12.4. The van der Waals surface area contributed by atoms with E-state index in [0.717, 1.165) is 48.6 Å². The minimum absolute atomic E-state index is 0.104. The van der Waals surface area contributed by atoms with Gasteiger partial charge in [-0.05, 0) is 55.6 Å². The third-order valence-electron chi connectivity index (χ3n) is 7.24. The number of benzene rings is 2. The van der Waals surface area contributed by atoms with Gasteiger partial charge in [0.15, 0.2) is 16.6 Å². The van der Waals surface area contributed by atoms with E-state index in [2.05, 4.69) is 23.6 Å². The molecule has 1 aliphatic carbocycles. The lowest BCUT2D eigenvalue weighted by Gasteiger charge is -2.31. The Balaban J connectivity index is 1.61. The molecule has 2 N–H and O–H groups in total. The van der Waals surface area contributed by atoms with Crippen molar-refractivity contribution in [2.24, 2.45) is 11.8 Å². The second kappa shape index (κ2) is 11.5. The number of halogens is 2. The molecule has 1 saturated carbocycles. The summed E-state index contributed by atoms with van der Waals surface area (Å²) >= 11 is 0.929. The maximum absolute atomic E-state index is 15.6. The van der Waals surface area contributed by atoms with Crippen LogP contribution in [0.4, 0.5) is 14.5 Å². The molecule has 0 bridgehead atoms. The van der Waals surface area contributed by atoms with Crippen LogP contribution >= 0.6 is 11.3 Å². The van der Waals surface area contributed by atoms with Crippen LogP contribution in [-0.4, -0.2) is 38.7 Å². The molecule has 1 aliphatic rings. The molecule has 1 aromatic heterocycles. The van der Waals surface area contributed by atoms with Crippen LogP contribution in [0.3, 0.4) is 0 Å². The highest BCUT2D eigenvalue weighted by molar-refractivity contribution is 7.92. The number of nitrogens with one attached hydrogen (secondary N) is 1. The Morgan fingerprint density at radius 2 is 1.82 bits per heavy atom. The molecule has 8 nitrogen and oxygen atoms in total. The quantitative estimate of drug-likeness (QED) is 0.296. The zero-order valence-electron chi connectivity index (χ0n) is 22.0. The number of rotatable bonds is 9. The first kappa shape index (κ1) is 28.8. The molecule has 3 aromatic rings. The largest absolute Gasteiger partial charge is 0.495 e. The van der Waals surface area contributed by atoms with Crippen LogP contribution in [-0.2, 0) is 10.0 Å². The number of carboxylic acid groups (broad SMARTS) is 1. The molecule has 210 valence electrons. The average Bonchev–Trinajstić information content (AvgIpc) is 3.39. The van der Waals surface area contributed by atoms with E-state index >= 15 is 4.39 Å². The molecule has 0 spiro atoms. The van der Waals surface area contributed by atoms with Gasteiger partial charge in [-0.2, -0.15) is 8.42 Å². The summed E-state index contributed by atoms with van der Waals surface area (Å²) in [5, 5.41) is 10.0. The zero-order valence-corrected chi connectivity index (χ0v) is 23.6. The average molecular weight is 581 g/mol. The highest BCUT2D eigenvalue weighted by Crippen LogP contribution is 2.44. The third-order valence-corrected chi connectivity index (χ3v) is 9.51. The summed E-state index contributed by atoms with van der Waals surface area (Å²) < 4.78 is 68.5. The number of aromatic nitrogens is 1. The van der Waals surface area contributed by atoms with Crippen LogP contribution in [0.15, 0.2) is 34.7 Å². The molecule has 0 saturated heterocycles. The number of nitrogens with zero attached hydrogens (tertiary/aromatic N) is 1. The molecule has 0 unspecified atom stereocenters. The lowest BCUT2D eigenvalue weighted by Crippen LogP contribution is -2.18. The van der Waals surface area contributed by atoms with Crippen molar-refractivity contribution in [2.45, 2.75) is 50.5 Å². The highest BCUT2D eigenvalue weighted by Gasteiger charge is 2.29. The van der Waals surface area contributed by atoms with E-state index in [1.807, 2.05) is 6.07 Å². The van der Waals surface area contributed by atoms with Crippen molar-refractivity contribution in [3.63, 3.8) is 0 Å². The van der Waals surface area contributed by atoms with Gasteiger partial charge in [0, 0.05) is 17.0 Å². The van der Waals surface area contributed by atoms with Gasteiger partial charge in [0.25, 0.3) is 10.0 Å². The van der Waals surface area contributed by atoms with Crippen molar-refractivity contribution in [1.82, 2.24) is 4.98 Å². The minimum atomic E-state index is -4.35. The summed E-state index contributed by atoms with van der Waals surface area (Å²) in [5.74, 6) is -1.90. The van der Waals surface area contributed by atoms with Crippen molar-refractivity contribution in [1.29, 1.82) is 0 Å². The van der Waals surface area contributed by atoms with Crippen molar-refractivity contribution < 1.29 is 36.6 Å². The van der Waals surface area contributed by atoms with E-state index in [1.54, 1.807) is 6.07 Å². The van der Waals surface area contributed by atoms with Crippen molar-refractivity contribution in [3.8, 4) is 22.1 Å². The van der Waals surface area contributed by atoms with Gasteiger partial charge in [0.1, 0.15) is 16.6 Å². The topological polar surface area (TPSA) is 115 Å². The van der Waals surface area contributed by atoms with E-state index in [4.69, 9.17) is 14.6 Å². The summed E-state index contributed by atoms with van der Waals surface area (Å²) in [7, 11) is -1.75. The van der Waals surface area contributed by atoms with Gasteiger partial charge in [0.2, 0.25) is 0 Å². The molecule has 1 fully saturated rings. The van der Waals surface area contributed by atoms with E-state index in [9.17, 15) is 17.6 Å². The molecule has 1 heterocycles. The summed E-state index contributed by atoms with van der Waals surface area (Å²) in [4.78, 5) is 15.3. The predicted molar refractivity (Wildman–Crippen MR) is 144 cm³/mol. The number of hydrogen-bond acceptors (Lipinski definition) is 7. The number of hydrogen-bond donors (Lipinski definition) is 2. The molecule has 4 rings (SSSR count). The fourth-order valence-corrected chi connectivity index (χ4v) is 7.21. The number of aromatic carboxylic acids is 1. The Morgan fingerprint density at radius 1 is 1.13 bits per heavy atom. The van der Waals surface area contributed by atoms with Crippen molar-refractivity contribution in [3.05, 3.63) is 52.4 Å². The Labute approximate surface area is 230 Å². The molecule has 39 heavy (non-hydrogen) atoms. The third kappa shape index (κ3) is 5.86. The zero-order chi connectivity index (χ0) is 28.5. The number of carboxylic acids is 1. The van der Waals surface area contributed by atoms with Crippen LogP contribution in [0.25, 0.3) is 10.6 Å². The fourth-order valence-electron chi connectivity index (χ4n) is 5.03. The molecule has 0 aliphatic heterocycles. The maximum atomic E-state index is 15.6. The first-order chi connectivity index (χ1) is 18.5. The summed E-state index contributed by atoms with van der Waals surface area (Å²) in [6, 6.07) is 5.00. The van der Waals surface area contributed by atoms with Gasteiger partial charge in [-0.25, -0.2) is 18.6 Å². The van der Waals surface area contributed by atoms with Gasteiger partial charge in [-0.15, -0.1) is 11.3 Å². The number of anilines is 1. The molecule has 2 aromatic carbocycles. The van der Waals surface area contributed by atoms with E-state index in [1.165, 1.54) is 19.6 Å². The number of methoxy groups -OCH3 is 2. The first-order valence-corrected chi connectivity index (χ1v) is 14.8. The van der Waals surface area contributed by atoms with Gasteiger partial charge < -0.3 is 14.6 Å². The summed E-state index contributed by atoms with van der Waals surface area (Å²) in [6.45, 7) is 4.45. The Kier molecular flexibility index (Phi) is 8.45. The monoisotopic (exact) mass is 580 g/mol. The van der Waals surface area contributed by atoms with Gasteiger partial charge in [-0.1, -0.05) is 19.9 Å². The molecule has 0 radical (unpaired) electrons. The standard InChI is InChI=1S/C27H30F2N2O6S2/c1-14(2)15-5-7-16(8-6-15)17-9-10-18(24(29)25(17)37-4)26-30-23(13-38-26)39(34,35)31-21-12-20(28)19(27(32)33)11-22(21)36-3/h9-16,31H,5-8H2,1-4H3,(H,32,33)/t15-,16-. The number of ether oxygens (including phenoxy) is 2. The van der Waals surface area contributed by atoms with Gasteiger partial charge >= 0.3 is 5.97 Å². The second-order valence-electron chi connectivity index (χ2n) is 9.84. The van der Waals surface area contributed by atoms with E-state index < -0.39 is 38.2 Å². The minimum Gasteiger partial charge on any atom is -0.495 e. The lowest BCUT2D eigenvalue weighted by atomic mass is 9.74. The molecule has 0 amide bonds. The normalized spacial score (nSPS) is 17.7. The SMILES string of the molecule is COc1cc(C(=O)O)c(F)cc1NS(=O)(=O)c1csc(-c2ccc([C@H]3CC[C@H](C(C)C)CC3)c(OC)c2F)n1. The van der Waals surface area contributed by atoms with Gasteiger partial charge in [-0.3, -0.25) is 4.72 Å². The van der Waals surface area contributed by atoms with Crippen molar-refractivity contribution >= 4 is 33.0 Å².